The van der Waals surface area contributed by atoms with E-state index < -0.39 is 10.0 Å². The Balaban J connectivity index is 2.61. The molecule has 0 saturated heterocycles. The molecule has 1 aromatic carbocycles. The fraction of sp³-hybridized carbons (Fsp3) is 0.455. The van der Waals surface area contributed by atoms with Gasteiger partial charge in [0.15, 0.2) is 0 Å². The van der Waals surface area contributed by atoms with E-state index in [0.717, 1.165) is 5.56 Å². The van der Waals surface area contributed by atoms with Gasteiger partial charge in [-0.2, -0.15) is 0 Å². The summed E-state index contributed by atoms with van der Waals surface area (Å²) in [5, 5.41) is 8.62. The van der Waals surface area contributed by atoms with Gasteiger partial charge in [0.1, 0.15) is 0 Å². The fourth-order valence-electron chi connectivity index (χ4n) is 1.34. The van der Waals surface area contributed by atoms with E-state index in [1.807, 2.05) is 30.3 Å². The smallest absolute Gasteiger partial charge is 0.214 e. The van der Waals surface area contributed by atoms with Crippen LogP contribution in [0.4, 0.5) is 0 Å². The summed E-state index contributed by atoms with van der Waals surface area (Å²) in [5.74, 6) is -0.00711. The van der Waals surface area contributed by atoms with Crippen LogP contribution in [-0.4, -0.2) is 37.2 Å². The number of sulfonamides is 1. The van der Waals surface area contributed by atoms with E-state index >= 15 is 0 Å². The molecule has 0 heterocycles. The van der Waals surface area contributed by atoms with Crippen LogP contribution in [0.5, 0.6) is 0 Å². The maximum atomic E-state index is 11.7. The van der Waals surface area contributed by atoms with Crippen molar-refractivity contribution in [2.45, 2.75) is 13.0 Å². The van der Waals surface area contributed by atoms with E-state index in [-0.39, 0.29) is 18.8 Å². The van der Waals surface area contributed by atoms with Crippen LogP contribution in [0.25, 0.3) is 0 Å². The lowest BCUT2D eigenvalue weighted by Crippen LogP contribution is -2.29. The van der Waals surface area contributed by atoms with E-state index in [1.165, 1.54) is 4.31 Å². The Morgan fingerprint density at radius 3 is 2.44 bits per heavy atom. The van der Waals surface area contributed by atoms with Crippen molar-refractivity contribution in [3.63, 3.8) is 0 Å². The van der Waals surface area contributed by atoms with Crippen LogP contribution in [0.2, 0.25) is 0 Å². The predicted molar refractivity (Wildman–Crippen MR) is 63.4 cm³/mol. The molecule has 0 aliphatic rings. The highest BCUT2D eigenvalue weighted by atomic mass is 32.2. The molecule has 90 valence electrons. The first-order chi connectivity index (χ1) is 7.56. The molecule has 0 amide bonds. The second-order valence-electron chi connectivity index (χ2n) is 3.63. The van der Waals surface area contributed by atoms with Crippen LogP contribution >= 0.6 is 0 Å². The molecule has 1 aromatic rings. The Hall–Kier alpha value is -0.910. The monoisotopic (exact) mass is 243 g/mol. The minimum absolute atomic E-state index is 0.00711. The van der Waals surface area contributed by atoms with Crippen LogP contribution < -0.4 is 0 Å². The molecule has 0 bridgehead atoms. The molecular formula is C11H17NO3S. The maximum Gasteiger partial charge on any atom is 0.214 e. The number of aliphatic hydroxyl groups excluding tert-OH is 1. The molecule has 0 aliphatic heterocycles. The molecule has 0 aliphatic carbocycles. The van der Waals surface area contributed by atoms with Gasteiger partial charge >= 0.3 is 0 Å². The molecule has 0 atom stereocenters. The summed E-state index contributed by atoms with van der Waals surface area (Å²) in [7, 11) is -1.69. The Kier molecular flexibility index (Phi) is 4.92. The lowest BCUT2D eigenvalue weighted by molar-refractivity contribution is 0.294. The highest BCUT2D eigenvalue weighted by molar-refractivity contribution is 7.89. The van der Waals surface area contributed by atoms with Gasteiger partial charge in [0.25, 0.3) is 0 Å². The minimum Gasteiger partial charge on any atom is -0.396 e. The summed E-state index contributed by atoms with van der Waals surface area (Å²) in [6.45, 7) is 0.271. The molecule has 1 rings (SSSR count). The van der Waals surface area contributed by atoms with Crippen molar-refractivity contribution in [3.05, 3.63) is 35.9 Å². The van der Waals surface area contributed by atoms with Gasteiger partial charge in [-0.3, -0.25) is 0 Å². The number of hydrogen-bond acceptors (Lipinski definition) is 3. The van der Waals surface area contributed by atoms with E-state index in [9.17, 15) is 8.42 Å². The van der Waals surface area contributed by atoms with E-state index in [0.29, 0.717) is 6.54 Å². The second-order valence-corrected chi connectivity index (χ2v) is 5.83. The van der Waals surface area contributed by atoms with Crippen molar-refractivity contribution in [1.82, 2.24) is 4.31 Å². The number of nitrogens with zero attached hydrogens (tertiary/aromatic N) is 1. The van der Waals surface area contributed by atoms with E-state index in [1.54, 1.807) is 7.05 Å². The highest BCUT2D eigenvalue weighted by Gasteiger charge is 2.16. The van der Waals surface area contributed by atoms with Crippen molar-refractivity contribution >= 4 is 10.0 Å². The third kappa shape index (κ3) is 3.92. The average molecular weight is 243 g/mol. The molecule has 4 nitrogen and oxygen atoms in total. The van der Waals surface area contributed by atoms with Crippen molar-refractivity contribution < 1.29 is 13.5 Å². The molecule has 0 fully saturated rings. The predicted octanol–water partition coefficient (Wildman–Crippen LogP) is 0.831. The first kappa shape index (κ1) is 13.2. The van der Waals surface area contributed by atoms with Crippen molar-refractivity contribution in [2.75, 3.05) is 19.4 Å². The SMILES string of the molecule is CN(Cc1ccccc1)S(=O)(=O)CCCO. The maximum absolute atomic E-state index is 11.7. The topological polar surface area (TPSA) is 57.6 Å². The van der Waals surface area contributed by atoms with Gasteiger partial charge < -0.3 is 5.11 Å². The first-order valence-electron chi connectivity index (χ1n) is 5.15. The Bertz CT molecular complexity index is 402. The summed E-state index contributed by atoms with van der Waals surface area (Å²) in [5.41, 5.74) is 0.956. The molecule has 0 spiro atoms. The standard InChI is InChI=1S/C11H17NO3S/c1-12(16(14,15)9-5-8-13)10-11-6-3-2-4-7-11/h2-4,6-7,13H,5,8-10H2,1H3. The zero-order valence-electron chi connectivity index (χ0n) is 9.33. The summed E-state index contributed by atoms with van der Waals surface area (Å²) in [6, 6.07) is 9.42. The van der Waals surface area contributed by atoms with Crippen molar-refractivity contribution in [2.24, 2.45) is 0 Å². The Morgan fingerprint density at radius 2 is 1.88 bits per heavy atom. The molecule has 5 heteroatoms. The fourth-order valence-corrected chi connectivity index (χ4v) is 2.49. The van der Waals surface area contributed by atoms with Gasteiger partial charge in [0.05, 0.1) is 5.75 Å². The summed E-state index contributed by atoms with van der Waals surface area (Å²) in [6.07, 6.45) is 0.279. The molecule has 0 saturated carbocycles. The third-order valence-electron chi connectivity index (χ3n) is 2.28. The number of rotatable bonds is 6. The lowest BCUT2D eigenvalue weighted by Gasteiger charge is -2.16. The van der Waals surface area contributed by atoms with Gasteiger partial charge in [-0.15, -0.1) is 0 Å². The quantitative estimate of drug-likeness (QED) is 0.805. The summed E-state index contributed by atoms with van der Waals surface area (Å²) >= 11 is 0. The second kappa shape index (κ2) is 5.98. The van der Waals surface area contributed by atoms with Gasteiger partial charge in [-0.05, 0) is 12.0 Å². The largest absolute Gasteiger partial charge is 0.396 e. The molecule has 0 radical (unpaired) electrons. The van der Waals surface area contributed by atoms with Gasteiger partial charge in [-0.1, -0.05) is 30.3 Å². The Labute approximate surface area is 96.6 Å². The summed E-state index contributed by atoms with van der Waals surface area (Å²) in [4.78, 5) is 0. The molecule has 0 aromatic heterocycles. The summed E-state index contributed by atoms with van der Waals surface area (Å²) < 4.78 is 24.7. The van der Waals surface area contributed by atoms with Crippen LogP contribution in [0.15, 0.2) is 30.3 Å². The van der Waals surface area contributed by atoms with E-state index in [4.69, 9.17) is 5.11 Å². The average Bonchev–Trinajstić information content (AvgIpc) is 2.28. The van der Waals surface area contributed by atoms with Gasteiger partial charge in [0.2, 0.25) is 10.0 Å². The van der Waals surface area contributed by atoms with Crippen LogP contribution in [0.1, 0.15) is 12.0 Å². The lowest BCUT2D eigenvalue weighted by atomic mass is 10.2. The third-order valence-corrected chi connectivity index (χ3v) is 4.17. The van der Waals surface area contributed by atoms with Crippen molar-refractivity contribution in [1.29, 1.82) is 0 Å². The number of hydrogen-bond donors (Lipinski definition) is 1. The number of benzene rings is 1. The normalized spacial score (nSPS) is 11.9. The van der Waals surface area contributed by atoms with Crippen LogP contribution in [-0.2, 0) is 16.6 Å². The molecule has 1 N–H and O–H groups in total. The van der Waals surface area contributed by atoms with Crippen molar-refractivity contribution in [3.8, 4) is 0 Å². The Morgan fingerprint density at radius 1 is 1.25 bits per heavy atom. The van der Waals surface area contributed by atoms with Crippen LogP contribution in [0.3, 0.4) is 0 Å². The minimum atomic E-state index is -3.25. The first-order valence-corrected chi connectivity index (χ1v) is 6.76. The number of aliphatic hydroxyl groups is 1. The zero-order chi connectivity index (χ0) is 12.0. The van der Waals surface area contributed by atoms with Gasteiger partial charge in [0, 0.05) is 20.2 Å². The van der Waals surface area contributed by atoms with E-state index in [2.05, 4.69) is 0 Å². The van der Waals surface area contributed by atoms with Crippen LogP contribution in [0, 0.1) is 0 Å². The molecule has 0 unspecified atom stereocenters. The zero-order valence-corrected chi connectivity index (χ0v) is 10.2. The highest BCUT2D eigenvalue weighted by Crippen LogP contribution is 2.07. The molecular weight excluding hydrogens is 226 g/mol. The van der Waals surface area contributed by atoms with Gasteiger partial charge in [-0.25, -0.2) is 12.7 Å². The molecule has 16 heavy (non-hydrogen) atoms.